The fraction of sp³-hybridized carbons (Fsp3) is 0.389. The molecule has 0 aliphatic carbocycles. The van der Waals surface area contributed by atoms with Gasteiger partial charge in [0.05, 0.1) is 23.3 Å². The van der Waals surface area contributed by atoms with Crippen LogP contribution < -0.4 is 9.47 Å². The minimum Gasteiger partial charge on any atom is -0.490 e. The Kier molecular flexibility index (Phi) is 14.8. The molecule has 162 valence electrons. The summed E-state index contributed by atoms with van der Waals surface area (Å²) >= 11 is 34.3. The predicted octanol–water partition coefficient (Wildman–Crippen LogP) is 7.19. The van der Waals surface area contributed by atoms with Crippen LogP contribution in [0.5, 0.6) is 11.5 Å². The van der Waals surface area contributed by atoms with E-state index in [1.54, 1.807) is 18.3 Å². The van der Waals surface area contributed by atoms with Gasteiger partial charge < -0.3 is 19.0 Å². The summed E-state index contributed by atoms with van der Waals surface area (Å²) in [7, 11) is 0. The normalized spacial score (nSPS) is 10.7. The van der Waals surface area contributed by atoms with Crippen molar-refractivity contribution in [2.24, 2.45) is 5.16 Å². The average molecular weight is 526 g/mol. The second kappa shape index (κ2) is 16.2. The lowest BCUT2D eigenvalue weighted by Gasteiger charge is -2.12. The van der Waals surface area contributed by atoms with Crippen LogP contribution in [0.3, 0.4) is 0 Å². The highest BCUT2D eigenvalue weighted by atomic mass is 35.5. The van der Waals surface area contributed by atoms with Gasteiger partial charge in [0, 0.05) is 37.8 Å². The number of ether oxygens (including phenoxy) is 3. The van der Waals surface area contributed by atoms with Gasteiger partial charge in [-0.05, 0) is 12.2 Å². The number of benzene rings is 1. The molecule has 0 atom stereocenters. The zero-order valence-corrected chi connectivity index (χ0v) is 19.7. The number of hydrogen-bond acceptors (Lipinski definition) is 5. The summed E-state index contributed by atoms with van der Waals surface area (Å²) in [6.45, 7) is 1.83. The Morgan fingerprint density at radius 1 is 0.862 bits per heavy atom. The van der Waals surface area contributed by atoms with Crippen molar-refractivity contribution < 1.29 is 19.0 Å². The molecule has 1 rings (SSSR count). The van der Waals surface area contributed by atoms with E-state index in [-0.39, 0.29) is 22.2 Å². The molecule has 0 aromatic heterocycles. The zero-order valence-electron chi connectivity index (χ0n) is 15.2. The third-order valence-corrected chi connectivity index (χ3v) is 4.17. The van der Waals surface area contributed by atoms with Crippen molar-refractivity contribution in [1.29, 1.82) is 0 Å². The number of hydrogen-bond donors (Lipinski definition) is 0. The van der Waals surface area contributed by atoms with Gasteiger partial charge in [-0.25, -0.2) is 0 Å². The topological polar surface area (TPSA) is 49.3 Å². The number of nitrogens with zero attached hydrogens (tertiary/aromatic N) is 1. The average Bonchev–Trinajstić information content (AvgIpc) is 2.64. The van der Waals surface area contributed by atoms with E-state index in [4.69, 9.17) is 88.7 Å². The quantitative estimate of drug-likeness (QED) is 0.146. The van der Waals surface area contributed by atoms with Crippen molar-refractivity contribution in [1.82, 2.24) is 0 Å². The van der Waals surface area contributed by atoms with Gasteiger partial charge in [-0.1, -0.05) is 74.8 Å². The molecule has 0 saturated carbocycles. The smallest absolute Gasteiger partial charge is 0.156 e. The second-order valence-electron chi connectivity index (χ2n) is 5.20. The molecule has 0 spiro atoms. The van der Waals surface area contributed by atoms with Crippen LogP contribution in [-0.4, -0.2) is 39.2 Å². The molecule has 0 heterocycles. The first-order chi connectivity index (χ1) is 13.9. The van der Waals surface area contributed by atoms with Crippen LogP contribution in [-0.2, 0) is 9.57 Å². The lowest BCUT2D eigenvalue weighted by Crippen LogP contribution is -2.05. The first kappa shape index (κ1) is 26.5. The minimum absolute atomic E-state index is 0.120. The first-order valence-corrected chi connectivity index (χ1v) is 10.7. The van der Waals surface area contributed by atoms with E-state index >= 15 is 0 Å². The molecule has 0 amide bonds. The fourth-order valence-electron chi connectivity index (χ4n) is 1.78. The van der Waals surface area contributed by atoms with Gasteiger partial charge in [-0.2, -0.15) is 0 Å². The van der Waals surface area contributed by atoms with E-state index in [0.29, 0.717) is 54.2 Å². The molecule has 0 saturated heterocycles. The van der Waals surface area contributed by atoms with Crippen molar-refractivity contribution in [3.8, 4) is 11.5 Å². The van der Waals surface area contributed by atoms with Gasteiger partial charge in [0.1, 0.15) is 27.9 Å². The van der Waals surface area contributed by atoms with Crippen LogP contribution in [0.4, 0.5) is 0 Å². The van der Waals surface area contributed by atoms with Crippen molar-refractivity contribution in [2.75, 3.05) is 33.0 Å². The van der Waals surface area contributed by atoms with Crippen molar-refractivity contribution in [2.45, 2.75) is 12.8 Å². The highest BCUT2D eigenvalue weighted by Crippen LogP contribution is 2.37. The molecular weight excluding hydrogens is 507 g/mol. The van der Waals surface area contributed by atoms with E-state index in [9.17, 15) is 0 Å². The van der Waals surface area contributed by atoms with Crippen molar-refractivity contribution in [3.05, 3.63) is 43.3 Å². The molecule has 0 unspecified atom stereocenters. The summed E-state index contributed by atoms with van der Waals surface area (Å²) in [6, 6.07) is 3.21. The van der Waals surface area contributed by atoms with Crippen LogP contribution in [0, 0.1) is 0 Å². The summed E-state index contributed by atoms with van der Waals surface area (Å²) in [5, 5.41) is 4.41. The number of oxime groups is 1. The van der Waals surface area contributed by atoms with E-state index < -0.39 is 0 Å². The highest BCUT2D eigenvalue weighted by molar-refractivity contribution is 6.56. The molecule has 0 aliphatic heterocycles. The molecule has 0 N–H and O–H groups in total. The first-order valence-electron chi connectivity index (χ1n) is 8.38. The van der Waals surface area contributed by atoms with Crippen LogP contribution in [0.15, 0.2) is 38.4 Å². The third kappa shape index (κ3) is 13.4. The maximum absolute atomic E-state index is 6.19. The van der Waals surface area contributed by atoms with Gasteiger partial charge in [0.2, 0.25) is 0 Å². The Bertz CT molecular complexity index is 681. The van der Waals surface area contributed by atoms with Crippen LogP contribution in [0.1, 0.15) is 12.8 Å². The maximum atomic E-state index is 6.19. The lowest BCUT2D eigenvalue weighted by molar-refractivity contribution is 0.124. The Morgan fingerprint density at radius 2 is 1.52 bits per heavy atom. The number of halogens is 6. The molecule has 11 heteroatoms. The molecule has 0 fully saturated rings. The van der Waals surface area contributed by atoms with Crippen LogP contribution in [0.2, 0.25) is 10.0 Å². The summed E-state index contributed by atoms with van der Waals surface area (Å²) < 4.78 is 16.8. The molecule has 1 aromatic rings. The SMILES string of the molecule is ClC(Cl)=CCO/N=C/CCOCCCOc1c(Cl)cc(OCC=C(Cl)Cl)cc1Cl. The Labute approximate surface area is 200 Å². The van der Waals surface area contributed by atoms with E-state index in [0.717, 1.165) is 0 Å². The summed E-state index contributed by atoms with van der Waals surface area (Å²) in [5.74, 6) is 0.871. The molecule has 0 aliphatic rings. The highest BCUT2D eigenvalue weighted by Gasteiger charge is 2.10. The van der Waals surface area contributed by atoms with Gasteiger partial charge in [0.25, 0.3) is 0 Å². The lowest BCUT2D eigenvalue weighted by atomic mass is 10.3. The monoisotopic (exact) mass is 523 g/mol. The van der Waals surface area contributed by atoms with Gasteiger partial charge >= 0.3 is 0 Å². The standard InChI is InChI=1S/C18H19Cl6NO4/c19-14-11-13(27-9-3-16(21)22)12-15(20)18(14)28-8-2-7-26-6-1-5-25-29-10-4-17(23)24/h3-5,11-12H,1-2,6-10H2/b25-5+. The van der Waals surface area contributed by atoms with Crippen molar-refractivity contribution >= 4 is 75.8 Å². The predicted molar refractivity (Wildman–Crippen MR) is 122 cm³/mol. The fourth-order valence-corrected chi connectivity index (χ4v) is 2.61. The van der Waals surface area contributed by atoms with E-state index in [1.165, 1.54) is 12.2 Å². The van der Waals surface area contributed by atoms with Crippen LogP contribution >= 0.6 is 69.6 Å². The maximum Gasteiger partial charge on any atom is 0.156 e. The molecular formula is C18H19Cl6NO4. The summed E-state index contributed by atoms with van der Waals surface area (Å²) in [5.41, 5.74) is 0. The summed E-state index contributed by atoms with van der Waals surface area (Å²) in [6.07, 6.45) is 5.87. The van der Waals surface area contributed by atoms with E-state index in [2.05, 4.69) is 5.16 Å². The van der Waals surface area contributed by atoms with E-state index in [1.807, 2.05) is 0 Å². The molecule has 0 radical (unpaired) electrons. The largest absolute Gasteiger partial charge is 0.490 e. The van der Waals surface area contributed by atoms with Gasteiger partial charge in [-0.15, -0.1) is 0 Å². The number of rotatable bonds is 14. The molecule has 1 aromatic carbocycles. The zero-order chi connectivity index (χ0) is 21.5. The third-order valence-electron chi connectivity index (χ3n) is 2.99. The second-order valence-corrected chi connectivity index (χ2v) is 8.03. The Morgan fingerprint density at radius 3 is 2.17 bits per heavy atom. The Balaban J connectivity index is 2.20. The molecule has 0 bridgehead atoms. The van der Waals surface area contributed by atoms with Crippen molar-refractivity contribution in [3.63, 3.8) is 0 Å². The van der Waals surface area contributed by atoms with Gasteiger partial charge in [0.15, 0.2) is 5.75 Å². The Hall–Kier alpha value is -0.530. The molecule has 29 heavy (non-hydrogen) atoms. The van der Waals surface area contributed by atoms with Gasteiger partial charge in [-0.3, -0.25) is 0 Å². The summed E-state index contributed by atoms with van der Waals surface area (Å²) in [4.78, 5) is 4.90. The minimum atomic E-state index is 0.120. The van der Waals surface area contributed by atoms with Crippen LogP contribution in [0.25, 0.3) is 0 Å². The molecule has 5 nitrogen and oxygen atoms in total.